The maximum absolute atomic E-state index is 13.1. The molecule has 2 amide bonds. The molecule has 2 N–H and O–H groups in total. The van der Waals surface area contributed by atoms with Gasteiger partial charge >= 0.3 is 12.0 Å². The number of halogens is 2. The van der Waals surface area contributed by atoms with E-state index in [2.05, 4.69) is 21.2 Å². The normalized spacial score (nSPS) is 21.4. The van der Waals surface area contributed by atoms with Crippen LogP contribution in [0.3, 0.4) is 0 Å². The van der Waals surface area contributed by atoms with Gasteiger partial charge < -0.3 is 20.1 Å². The molecule has 2 atom stereocenters. The summed E-state index contributed by atoms with van der Waals surface area (Å²) in [4.78, 5) is 24.6. The Morgan fingerprint density at radius 3 is 2.81 bits per heavy atom. The molecule has 2 unspecified atom stereocenters. The topological polar surface area (TPSA) is 78.9 Å². The van der Waals surface area contributed by atoms with Gasteiger partial charge in [-0.25, -0.2) is 14.0 Å². The summed E-state index contributed by atoms with van der Waals surface area (Å²) in [6, 6.07) is 2.53. The van der Waals surface area contributed by atoms with Crippen LogP contribution in [0, 0.1) is 5.82 Å². The van der Waals surface area contributed by atoms with E-state index in [1.165, 1.54) is 30.2 Å². The number of likely N-dealkylation sites (tertiary alicyclic amines) is 1. The van der Waals surface area contributed by atoms with Crippen LogP contribution < -0.4 is 5.32 Å². The number of hydrogen-bond donors (Lipinski definition) is 2. The molecular weight excluding hydrogens is 347 g/mol. The zero-order valence-corrected chi connectivity index (χ0v) is 12.8. The van der Waals surface area contributed by atoms with E-state index in [0.29, 0.717) is 5.69 Å². The van der Waals surface area contributed by atoms with Crippen LogP contribution in [0.25, 0.3) is 0 Å². The maximum Gasteiger partial charge on any atom is 0.326 e. The first kappa shape index (κ1) is 15.7. The van der Waals surface area contributed by atoms with Crippen molar-refractivity contribution < 1.29 is 23.8 Å². The van der Waals surface area contributed by atoms with E-state index in [1.54, 1.807) is 0 Å². The number of carboxylic acid groups (broad SMARTS) is 1. The Hall–Kier alpha value is -1.67. The number of carboxylic acids is 1. The first-order valence-electron chi connectivity index (χ1n) is 6.20. The molecule has 0 aliphatic carbocycles. The Kier molecular flexibility index (Phi) is 4.79. The van der Waals surface area contributed by atoms with Gasteiger partial charge in [-0.2, -0.15) is 0 Å². The molecule has 0 spiro atoms. The molecule has 2 rings (SSSR count). The number of rotatable bonds is 3. The molecule has 6 nitrogen and oxygen atoms in total. The number of carbonyl (C=O) groups excluding carboxylic acids is 1. The lowest BCUT2D eigenvalue weighted by Crippen LogP contribution is -2.43. The molecule has 1 heterocycles. The molecule has 0 radical (unpaired) electrons. The van der Waals surface area contributed by atoms with E-state index in [9.17, 15) is 14.0 Å². The Balaban J connectivity index is 2.11. The average Bonchev–Trinajstić information content (AvgIpc) is 2.87. The number of aliphatic carboxylic acids is 1. The standard InChI is InChI=1S/C13H14BrFN2O4/c1-21-8-5-11(12(18)19)17(6-8)13(20)16-7-2-3-10(15)9(14)4-7/h2-4,8,11H,5-6H2,1H3,(H,16,20)(H,18,19). The number of methoxy groups -OCH3 is 1. The molecule has 1 aliphatic heterocycles. The van der Waals surface area contributed by atoms with E-state index in [1.807, 2.05) is 0 Å². The quantitative estimate of drug-likeness (QED) is 0.866. The molecule has 1 saturated heterocycles. The fraction of sp³-hybridized carbons (Fsp3) is 0.385. The van der Waals surface area contributed by atoms with Crippen molar-refractivity contribution >= 4 is 33.6 Å². The summed E-state index contributed by atoms with van der Waals surface area (Å²) in [5, 5.41) is 11.7. The van der Waals surface area contributed by atoms with Gasteiger partial charge in [0.25, 0.3) is 0 Å². The molecule has 1 aliphatic rings. The number of nitrogens with zero attached hydrogens (tertiary/aromatic N) is 1. The summed E-state index contributed by atoms with van der Waals surface area (Å²) >= 11 is 3.02. The summed E-state index contributed by atoms with van der Waals surface area (Å²) in [5.74, 6) is -1.53. The summed E-state index contributed by atoms with van der Waals surface area (Å²) in [6.45, 7) is 0.196. The zero-order chi connectivity index (χ0) is 15.6. The minimum absolute atomic E-state index is 0.196. The zero-order valence-electron chi connectivity index (χ0n) is 11.2. The molecule has 1 aromatic rings. The lowest BCUT2D eigenvalue weighted by Gasteiger charge is -2.21. The van der Waals surface area contributed by atoms with Crippen molar-refractivity contribution in [2.75, 3.05) is 19.0 Å². The van der Waals surface area contributed by atoms with Crippen molar-refractivity contribution in [2.45, 2.75) is 18.6 Å². The molecule has 0 aromatic heterocycles. The Morgan fingerprint density at radius 2 is 2.24 bits per heavy atom. The molecule has 21 heavy (non-hydrogen) atoms. The van der Waals surface area contributed by atoms with E-state index < -0.39 is 23.9 Å². The largest absolute Gasteiger partial charge is 0.480 e. The van der Waals surface area contributed by atoms with Gasteiger partial charge in [-0.15, -0.1) is 0 Å². The number of benzene rings is 1. The van der Waals surface area contributed by atoms with Crippen molar-refractivity contribution in [1.82, 2.24) is 4.90 Å². The third-order valence-corrected chi connectivity index (χ3v) is 3.92. The monoisotopic (exact) mass is 360 g/mol. The molecular formula is C13H14BrFN2O4. The third kappa shape index (κ3) is 3.51. The van der Waals surface area contributed by atoms with Gasteiger partial charge in [0.05, 0.1) is 10.6 Å². The van der Waals surface area contributed by atoms with Gasteiger partial charge in [0.1, 0.15) is 11.9 Å². The minimum atomic E-state index is -1.08. The van der Waals surface area contributed by atoms with Gasteiger partial charge in [0.15, 0.2) is 0 Å². The van der Waals surface area contributed by atoms with Crippen LogP contribution in [0.1, 0.15) is 6.42 Å². The fourth-order valence-corrected chi connectivity index (χ4v) is 2.57. The average molecular weight is 361 g/mol. The number of nitrogens with one attached hydrogen (secondary N) is 1. The maximum atomic E-state index is 13.1. The highest BCUT2D eigenvalue weighted by Crippen LogP contribution is 2.23. The first-order valence-corrected chi connectivity index (χ1v) is 7.00. The smallest absolute Gasteiger partial charge is 0.326 e. The Labute approximate surface area is 129 Å². The van der Waals surface area contributed by atoms with Crippen LogP contribution in [0.5, 0.6) is 0 Å². The van der Waals surface area contributed by atoms with Crippen molar-refractivity contribution in [3.8, 4) is 0 Å². The lowest BCUT2D eigenvalue weighted by atomic mass is 10.2. The highest BCUT2D eigenvalue weighted by molar-refractivity contribution is 9.10. The van der Waals surface area contributed by atoms with Gasteiger partial charge in [-0.3, -0.25) is 0 Å². The summed E-state index contributed by atoms with van der Waals surface area (Å²) in [7, 11) is 1.47. The molecule has 1 aromatic carbocycles. The van der Waals surface area contributed by atoms with Crippen LogP contribution >= 0.6 is 15.9 Å². The van der Waals surface area contributed by atoms with Crippen LogP contribution in [0.4, 0.5) is 14.9 Å². The Morgan fingerprint density at radius 1 is 1.52 bits per heavy atom. The SMILES string of the molecule is COC1CC(C(=O)O)N(C(=O)Nc2ccc(F)c(Br)c2)C1. The molecule has 114 valence electrons. The predicted octanol–water partition coefficient (Wildman–Crippen LogP) is 2.29. The molecule has 8 heteroatoms. The van der Waals surface area contributed by atoms with Gasteiger partial charge in [-0.05, 0) is 34.1 Å². The molecule has 1 fully saturated rings. The summed E-state index contributed by atoms with van der Waals surface area (Å²) in [5.41, 5.74) is 0.373. The van der Waals surface area contributed by atoms with Gasteiger partial charge in [-0.1, -0.05) is 0 Å². The van der Waals surface area contributed by atoms with E-state index in [0.717, 1.165) is 0 Å². The van der Waals surface area contributed by atoms with E-state index >= 15 is 0 Å². The number of carbonyl (C=O) groups is 2. The van der Waals surface area contributed by atoms with Gasteiger partial charge in [0, 0.05) is 25.8 Å². The second-order valence-electron chi connectivity index (χ2n) is 4.66. The second-order valence-corrected chi connectivity index (χ2v) is 5.51. The van der Waals surface area contributed by atoms with Crippen LogP contribution in [0.15, 0.2) is 22.7 Å². The predicted molar refractivity (Wildman–Crippen MR) is 76.7 cm³/mol. The van der Waals surface area contributed by atoms with Crippen LogP contribution in [-0.4, -0.2) is 47.8 Å². The highest BCUT2D eigenvalue weighted by Gasteiger charge is 2.39. The lowest BCUT2D eigenvalue weighted by molar-refractivity contribution is -0.141. The molecule has 0 bridgehead atoms. The highest BCUT2D eigenvalue weighted by atomic mass is 79.9. The van der Waals surface area contributed by atoms with Crippen molar-refractivity contribution in [3.63, 3.8) is 0 Å². The van der Waals surface area contributed by atoms with Crippen molar-refractivity contribution in [3.05, 3.63) is 28.5 Å². The van der Waals surface area contributed by atoms with Crippen LogP contribution in [-0.2, 0) is 9.53 Å². The van der Waals surface area contributed by atoms with E-state index in [4.69, 9.17) is 9.84 Å². The second kappa shape index (κ2) is 6.40. The third-order valence-electron chi connectivity index (χ3n) is 3.31. The number of anilines is 1. The molecule has 0 saturated carbocycles. The minimum Gasteiger partial charge on any atom is -0.480 e. The summed E-state index contributed by atoms with van der Waals surface area (Å²) in [6.07, 6.45) is -0.0661. The van der Waals surface area contributed by atoms with Gasteiger partial charge in [0.2, 0.25) is 0 Å². The van der Waals surface area contributed by atoms with Crippen molar-refractivity contribution in [2.24, 2.45) is 0 Å². The fourth-order valence-electron chi connectivity index (χ4n) is 2.20. The number of hydrogen-bond acceptors (Lipinski definition) is 3. The number of ether oxygens (including phenoxy) is 1. The van der Waals surface area contributed by atoms with Crippen LogP contribution in [0.2, 0.25) is 0 Å². The number of amides is 2. The first-order chi connectivity index (χ1) is 9.92. The van der Waals surface area contributed by atoms with E-state index in [-0.39, 0.29) is 23.5 Å². The Bertz CT molecular complexity index is 569. The van der Waals surface area contributed by atoms with Crippen molar-refractivity contribution in [1.29, 1.82) is 0 Å². The number of urea groups is 1. The summed E-state index contributed by atoms with van der Waals surface area (Å²) < 4.78 is 18.5.